The Labute approximate surface area is 177 Å². The predicted octanol–water partition coefficient (Wildman–Crippen LogP) is 4.34. The fourth-order valence-electron chi connectivity index (χ4n) is 3.53. The molecule has 0 bridgehead atoms. The molecule has 0 aromatic heterocycles. The highest BCUT2D eigenvalue weighted by molar-refractivity contribution is 6.10. The minimum atomic E-state index is -1.19. The molecule has 2 N–H and O–H groups in total. The van der Waals surface area contributed by atoms with Crippen molar-refractivity contribution in [1.82, 2.24) is 10.2 Å². The van der Waals surface area contributed by atoms with Gasteiger partial charge in [-0.3, -0.25) is 14.5 Å². The molecule has 158 valence electrons. The molecular weight excluding hydrogens is 378 g/mol. The Morgan fingerprint density at radius 2 is 1.43 bits per heavy atom. The Morgan fingerprint density at radius 1 is 0.933 bits per heavy atom. The maximum atomic E-state index is 13.0. The fourth-order valence-corrected chi connectivity index (χ4v) is 3.53. The number of urea groups is 1. The molecule has 2 aromatic carbocycles. The summed E-state index contributed by atoms with van der Waals surface area (Å²) < 4.78 is 0. The topological polar surface area (TPSA) is 78.5 Å². The average Bonchev–Trinajstić information content (AvgIpc) is 2.92. The quantitative estimate of drug-likeness (QED) is 0.699. The van der Waals surface area contributed by atoms with Crippen molar-refractivity contribution in [3.8, 4) is 0 Å². The minimum Gasteiger partial charge on any atom is -0.325 e. The Balaban J connectivity index is 1.70. The molecule has 30 heavy (non-hydrogen) atoms. The van der Waals surface area contributed by atoms with Crippen LogP contribution in [0, 0.1) is 0 Å². The molecular formula is C24H29N3O3. The maximum Gasteiger partial charge on any atom is 0.325 e. The maximum absolute atomic E-state index is 13.0. The molecule has 6 heteroatoms. The zero-order valence-electron chi connectivity index (χ0n) is 18.2. The lowest BCUT2D eigenvalue weighted by Gasteiger charge is -2.22. The van der Waals surface area contributed by atoms with Gasteiger partial charge in [-0.2, -0.15) is 0 Å². The number of nitrogens with zero attached hydrogens (tertiary/aromatic N) is 1. The number of hydrogen-bond acceptors (Lipinski definition) is 3. The van der Waals surface area contributed by atoms with Crippen LogP contribution < -0.4 is 10.6 Å². The normalized spacial score (nSPS) is 18.8. The van der Waals surface area contributed by atoms with Crippen LogP contribution in [0.5, 0.6) is 0 Å². The molecule has 1 aliphatic heterocycles. The predicted molar refractivity (Wildman–Crippen MR) is 117 cm³/mol. The first kappa shape index (κ1) is 21.6. The lowest BCUT2D eigenvalue weighted by molar-refractivity contribution is -0.133. The third-order valence-electron chi connectivity index (χ3n) is 5.59. The molecule has 1 aliphatic rings. The summed E-state index contributed by atoms with van der Waals surface area (Å²) in [6, 6.07) is 14.6. The number of amides is 4. The van der Waals surface area contributed by atoms with Crippen LogP contribution in [-0.2, 0) is 15.1 Å². The van der Waals surface area contributed by atoms with Gasteiger partial charge in [-0.25, -0.2) is 4.79 Å². The van der Waals surface area contributed by atoms with Crippen LogP contribution in [0.4, 0.5) is 10.5 Å². The second-order valence-electron chi connectivity index (χ2n) is 8.55. The SMILES string of the molecule is CC(C)c1ccc(NC(=O)CN2C(=O)NC(C)(c3ccc(C(C)C)cc3)C2=O)cc1. The smallest absolute Gasteiger partial charge is 0.325 e. The van der Waals surface area contributed by atoms with E-state index in [0.29, 0.717) is 23.1 Å². The van der Waals surface area contributed by atoms with Crippen LogP contribution in [0.1, 0.15) is 63.1 Å². The van der Waals surface area contributed by atoms with E-state index >= 15 is 0 Å². The van der Waals surface area contributed by atoms with E-state index in [4.69, 9.17) is 0 Å². The van der Waals surface area contributed by atoms with E-state index in [1.165, 1.54) is 5.56 Å². The van der Waals surface area contributed by atoms with Crippen molar-refractivity contribution in [3.05, 3.63) is 65.2 Å². The molecule has 1 heterocycles. The van der Waals surface area contributed by atoms with Crippen LogP contribution in [0.15, 0.2) is 48.5 Å². The minimum absolute atomic E-state index is 0.337. The van der Waals surface area contributed by atoms with Gasteiger partial charge >= 0.3 is 6.03 Å². The molecule has 4 amide bonds. The highest BCUT2D eigenvalue weighted by Gasteiger charge is 2.49. The van der Waals surface area contributed by atoms with Crippen LogP contribution in [0.25, 0.3) is 0 Å². The summed E-state index contributed by atoms with van der Waals surface area (Å²) in [6.07, 6.45) is 0. The first-order valence-corrected chi connectivity index (χ1v) is 10.3. The average molecular weight is 408 g/mol. The number of hydrogen-bond donors (Lipinski definition) is 2. The van der Waals surface area contributed by atoms with Crippen molar-refractivity contribution in [1.29, 1.82) is 0 Å². The van der Waals surface area contributed by atoms with Crippen molar-refractivity contribution < 1.29 is 14.4 Å². The molecule has 0 spiro atoms. The van der Waals surface area contributed by atoms with Crippen LogP contribution in [0.3, 0.4) is 0 Å². The number of carbonyl (C=O) groups excluding carboxylic acids is 3. The van der Waals surface area contributed by atoms with E-state index < -0.39 is 23.4 Å². The van der Waals surface area contributed by atoms with Gasteiger partial charge in [0.1, 0.15) is 12.1 Å². The van der Waals surface area contributed by atoms with E-state index in [0.717, 1.165) is 10.5 Å². The molecule has 1 fully saturated rings. The van der Waals surface area contributed by atoms with E-state index in [1.807, 2.05) is 48.5 Å². The Kier molecular flexibility index (Phi) is 5.97. The zero-order valence-corrected chi connectivity index (χ0v) is 18.2. The van der Waals surface area contributed by atoms with E-state index in [9.17, 15) is 14.4 Å². The van der Waals surface area contributed by atoms with Crippen LogP contribution in [-0.4, -0.2) is 29.3 Å². The van der Waals surface area contributed by atoms with E-state index in [2.05, 4.69) is 38.3 Å². The monoisotopic (exact) mass is 407 g/mol. The van der Waals surface area contributed by atoms with E-state index in [1.54, 1.807) is 6.92 Å². The fraction of sp³-hybridized carbons (Fsp3) is 0.375. The van der Waals surface area contributed by atoms with Gasteiger partial charge in [0.25, 0.3) is 5.91 Å². The van der Waals surface area contributed by atoms with Crippen molar-refractivity contribution in [2.45, 2.75) is 52.0 Å². The van der Waals surface area contributed by atoms with Gasteiger partial charge in [0.05, 0.1) is 0 Å². The number of carbonyl (C=O) groups is 3. The second-order valence-corrected chi connectivity index (χ2v) is 8.55. The van der Waals surface area contributed by atoms with Crippen molar-refractivity contribution in [3.63, 3.8) is 0 Å². The van der Waals surface area contributed by atoms with Gasteiger partial charge in [-0.1, -0.05) is 64.1 Å². The second kappa shape index (κ2) is 8.30. The summed E-state index contributed by atoms with van der Waals surface area (Å²) >= 11 is 0. The van der Waals surface area contributed by atoms with Gasteiger partial charge in [0, 0.05) is 5.69 Å². The third-order valence-corrected chi connectivity index (χ3v) is 5.59. The number of nitrogens with one attached hydrogen (secondary N) is 2. The lowest BCUT2D eigenvalue weighted by Crippen LogP contribution is -2.42. The van der Waals surface area contributed by atoms with Gasteiger partial charge < -0.3 is 10.6 Å². The van der Waals surface area contributed by atoms with Crippen LogP contribution in [0.2, 0.25) is 0 Å². The molecule has 6 nitrogen and oxygen atoms in total. The number of imide groups is 1. The number of benzene rings is 2. The molecule has 2 aromatic rings. The summed E-state index contributed by atoms with van der Waals surface area (Å²) in [5.41, 5.74) is 2.45. The third kappa shape index (κ3) is 4.22. The summed E-state index contributed by atoms with van der Waals surface area (Å²) in [4.78, 5) is 38.9. The summed E-state index contributed by atoms with van der Waals surface area (Å²) in [7, 11) is 0. The first-order valence-electron chi connectivity index (χ1n) is 10.3. The first-order chi connectivity index (χ1) is 14.1. The van der Waals surface area contributed by atoms with Crippen LogP contribution >= 0.6 is 0 Å². The Morgan fingerprint density at radius 3 is 1.93 bits per heavy atom. The Bertz CT molecular complexity index is 949. The molecule has 1 unspecified atom stereocenters. The molecule has 1 atom stereocenters. The molecule has 3 rings (SSSR count). The summed E-state index contributed by atoms with van der Waals surface area (Å²) in [6.45, 7) is 9.71. The molecule has 0 aliphatic carbocycles. The summed E-state index contributed by atoms with van der Waals surface area (Å²) in [5, 5.41) is 5.49. The summed E-state index contributed by atoms with van der Waals surface area (Å²) in [5.74, 6) is -0.0891. The van der Waals surface area contributed by atoms with E-state index in [-0.39, 0.29) is 6.54 Å². The largest absolute Gasteiger partial charge is 0.325 e. The van der Waals surface area contributed by atoms with Gasteiger partial charge in [0.15, 0.2) is 0 Å². The van der Waals surface area contributed by atoms with Gasteiger partial charge in [-0.05, 0) is 47.6 Å². The van der Waals surface area contributed by atoms with Crippen molar-refractivity contribution >= 4 is 23.5 Å². The van der Waals surface area contributed by atoms with Crippen molar-refractivity contribution in [2.75, 3.05) is 11.9 Å². The zero-order chi connectivity index (χ0) is 22.1. The molecule has 1 saturated heterocycles. The van der Waals surface area contributed by atoms with Crippen molar-refractivity contribution in [2.24, 2.45) is 0 Å². The lowest BCUT2D eigenvalue weighted by atomic mass is 9.90. The molecule has 0 radical (unpaired) electrons. The van der Waals surface area contributed by atoms with Gasteiger partial charge in [-0.15, -0.1) is 0 Å². The standard InChI is InChI=1S/C24H29N3O3/c1-15(2)17-6-10-19(11-7-17)24(5)22(29)27(23(30)26-24)14-21(28)25-20-12-8-18(9-13-20)16(3)4/h6-13,15-16H,14H2,1-5H3,(H,25,28)(H,26,30). The number of rotatable bonds is 6. The number of anilines is 1. The molecule has 0 saturated carbocycles. The van der Waals surface area contributed by atoms with Gasteiger partial charge in [0.2, 0.25) is 5.91 Å². The highest BCUT2D eigenvalue weighted by atomic mass is 16.2. The highest BCUT2D eigenvalue weighted by Crippen LogP contribution is 2.30. The Hall–Kier alpha value is -3.15.